The van der Waals surface area contributed by atoms with Crippen molar-refractivity contribution in [2.45, 2.75) is 13.5 Å². The lowest BCUT2D eigenvalue weighted by molar-refractivity contribution is 0.100. The summed E-state index contributed by atoms with van der Waals surface area (Å²) >= 11 is 0. The van der Waals surface area contributed by atoms with Crippen LogP contribution in [0.2, 0.25) is 0 Å². The standard InChI is InChI=1S/C25H20N4O3/c1-16-22(23(30)25-28-27-24(32-25)20-10-6-7-13-26-20)19-14-18(31-2)11-12-21(19)29(16)15-17-8-4-3-5-9-17/h3-14H,15H2,1-2H3. The number of ether oxygens (including phenoxy) is 1. The molecule has 3 heterocycles. The first-order valence-corrected chi connectivity index (χ1v) is 10.2. The highest BCUT2D eigenvalue weighted by molar-refractivity contribution is 6.15. The number of carbonyl (C=O) groups is 1. The molecule has 5 rings (SSSR count). The lowest BCUT2D eigenvalue weighted by Crippen LogP contribution is -2.06. The number of methoxy groups -OCH3 is 1. The molecule has 0 radical (unpaired) electrons. The van der Waals surface area contributed by atoms with Gasteiger partial charge in [-0.1, -0.05) is 36.4 Å². The van der Waals surface area contributed by atoms with Crippen LogP contribution in [0, 0.1) is 6.92 Å². The van der Waals surface area contributed by atoms with Crippen molar-refractivity contribution in [2.24, 2.45) is 0 Å². The van der Waals surface area contributed by atoms with Crippen molar-refractivity contribution in [1.29, 1.82) is 0 Å². The van der Waals surface area contributed by atoms with Crippen molar-refractivity contribution in [2.75, 3.05) is 7.11 Å². The fraction of sp³-hybridized carbons (Fsp3) is 0.120. The molecule has 7 nitrogen and oxygen atoms in total. The van der Waals surface area contributed by atoms with E-state index >= 15 is 0 Å². The van der Waals surface area contributed by atoms with Crippen molar-refractivity contribution in [3.05, 3.63) is 95.6 Å². The molecule has 0 atom stereocenters. The third-order valence-corrected chi connectivity index (χ3v) is 5.44. The summed E-state index contributed by atoms with van der Waals surface area (Å²) in [6, 6.07) is 21.2. The fourth-order valence-electron chi connectivity index (χ4n) is 3.86. The number of fused-ring (bicyclic) bond motifs is 1. The molecular weight excluding hydrogens is 404 g/mol. The van der Waals surface area contributed by atoms with E-state index in [0.717, 1.165) is 22.2 Å². The van der Waals surface area contributed by atoms with Gasteiger partial charge in [0.1, 0.15) is 11.4 Å². The van der Waals surface area contributed by atoms with E-state index in [1.165, 1.54) is 0 Å². The summed E-state index contributed by atoms with van der Waals surface area (Å²) in [7, 11) is 1.60. The highest BCUT2D eigenvalue weighted by Gasteiger charge is 2.26. The number of aromatic nitrogens is 4. The van der Waals surface area contributed by atoms with Crippen LogP contribution in [0.1, 0.15) is 27.5 Å². The molecule has 158 valence electrons. The molecule has 0 aliphatic rings. The molecule has 0 saturated carbocycles. The first-order valence-electron chi connectivity index (χ1n) is 10.2. The highest BCUT2D eigenvalue weighted by atomic mass is 16.5. The molecular formula is C25H20N4O3. The highest BCUT2D eigenvalue weighted by Crippen LogP contribution is 2.32. The molecule has 32 heavy (non-hydrogen) atoms. The zero-order valence-corrected chi connectivity index (χ0v) is 17.6. The summed E-state index contributed by atoms with van der Waals surface area (Å²) in [4.78, 5) is 17.7. The molecule has 3 aromatic heterocycles. The van der Waals surface area contributed by atoms with Gasteiger partial charge in [0.15, 0.2) is 0 Å². The summed E-state index contributed by atoms with van der Waals surface area (Å²) in [6.07, 6.45) is 1.63. The summed E-state index contributed by atoms with van der Waals surface area (Å²) in [5.41, 5.74) is 3.92. The number of ketones is 1. The topological polar surface area (TPSA) is 83.0 Å². The molecule has 2 aromatic carbocycles. The minimum Gasteiger partial charge on any atom is -0.497 e. The second kappa shape index (κ2) is 8.11. The van der Waals surface area contributed by atoms with Crippen LogP contribution in [0.4, 0.5) is 0 Å². The van der Waals surface area contributed by atoms with Gasteiger partial charge in [-0.3, -0.25) is 9.78 Å². The molecule has 0 fully saturated rings. The third kappa shape index (κ3) is 3.43. The molecule has 7 heteroatoms. The summed E-state index contributed by atoms with van der Waals surface area (Å²) in [5.74, 6) is 0.470. The number of nitrogens with zero attached hydrogens (tertiary/aromatic N) is 4. The van der Waals surface area contributed by atoms with Crippen LogP contribution in [0.5, 0.6) is 5.75 Å². The van der Waals surface area contributed by atoms with E-state index < -0.39 is 0 Å². The summed E-state index contributed by atoms with van der Waals surface area (Å²) in [5, 5.41) is 8.80. The molecule has 0 saturated heterocycles. The molecule has 0 aliphatic heterocycles. The predicted molar refractivity (Wildman–Crippen MR) is 120 cm³/mol. The number of pyridine rings is 1. The Morgan fingerprint density at radius 3 is 2.59 bits per heavy atom. The Morgan fingerprint density at radius 2 is 1.84 bits per heavy atom. The van der Waals surface area contributed by atoms with E-state index in [-0.39, 0.29) is 17.6 Å². The number of hydrogen-bond donors (Lipinski definition) is 0. The van der Waals surface area contributed by atoms with Crippen LogP contribution in [-0.2, 0) is 6.54 Å². The van der Waals surface area contributed by atoms with Gasteiger partial charge in [-0.05, 0) is 42.8 Å². The van der Waals surface area contributed by atoms with Gasteiger partial charge >= 0.3 is 0 Å². The van der Waals surface area contributed by atoms with Crippen LogP contribution in [0.3, 0.4) is 0 Å². The number of benzene rings is 2. The van der Waals surface area contributed by atoms with Crippen LogP contribution < -0.4 is 4.74 Å². The van der Waals surface area contributed by atoms with Crippen molar-refractivity contribution in [1.82, 2.24) is 19.7 Å². The Hall–Kier alpha value is -4.26. The van der Waals surface area contributed by atoms with Crippen LogP contribution >= 0.6 is 0 Å². The van der Waals surface area contributed by atoms with E-state index in [4.69, 9.17) is 9.15 Å². The maximum absolute atomic E-state index is 13.5. The summed E-state index contributed by atoms with van der Waals surface area (Å²) in [6.45, 7) is 2.56. The van der Waals surface area contributed by atoms with Crippen molar-refractivity contribution in [3.8, 4) is 17.3 Å². The molecule has 0 N–H and O–H groups in total. The summed E-state index contributed by atoms with van der Waals surface area (Å²) < 4.78 is 13.2. The van der Waals surface area contributed by atoms with Crippen LogP contribution in [0.15, 0.2) is 77.3 Å². The molecule has 5 aromatic rings. The van der Waals surface area contributed by atoms with Crippen LogP contribution in [0.25, 0.3) is 22.5 Å². The van der Waals surface area contributed by atoms with Gasteiger partial charge in [0.2, 0.25) is 0 Å². The molecule has 0 amide bonds. The quantitative estimate of drug-likeness (QED) is 0.368. The van der Waals surface area contributed by atoms with E-state index in [2.05, 4.69) is 31.9 Å². The Bertz CT molecular complexity index is 1410. The molecule has 0 unspecified atom stereocenters. The lowest BCUT2D eigenvalue weighted by Gasteiger charge is -2.09. The largest absolute Gasteiger partial charge is 0.497 e. The lowest BCUT2D eigenvalue weighted by atomic mass is 10.1. The maximum Gasteiger partial charge on any atom is 0.289 e. The second-order valence-corrected chi connectivity index (χ2v) is 7.37. The van der Waals surface area contributed by atoms with Gasteiger partial charge in [0, 0.05) is 29.3 Å². The predicted octanol–water partition coefficient (Wildman–Crippen LogP) is 4.68. The van der Waals surface area contributed by atoms with E-state index in [0.29, 0.717) is 23.6 Å². The van der Waals surface area contributed by atoms with Crippen molar-refractivity contribution >= 4 is 16.7 Å². The molecule has 0 spiro atoms. The van der Waals surface area contributed by atoms with Gasteiger partial charge in [-0.25, -0.2) is 0 Å². The van der Waals surface area contributed by atoms with Crippen molar-refractivity contribution in [3.63, 3.8) is 0 Å². The van der Waals surface area contributed by atoms with Crippen LogP contribution in [-0.4, -0.2) is 32.6 Å². The average molecular weight is 424 g/mol. The number of rotatable bonds is 6. The van der Waals surface area contributed by atoms with E-state index in [1.54, 1.807) is 25.4 Å². The normalized spacial score (nSPS) is 11.1. The maximum atomic E-state index is 13.5. The monoisotopic (exact) mass is 424 g/mol. The third-order valence-electron chi connectivity index (χ3n) is 5.44. The molecule has 0 bridgehead atoms. The molecule has 0 aliphatic carbocycles. The van der Waals surface area contributed by atoms with Gasteiger partial charge in [-0.2, -0.15) is 0 Å². The fourth-order valence-corrected chi connectivity index (χ4v) is 3.86. The average Bonchev–Trinajstić information content (AvgIpc) is 3.43. The van der Waals surface area contributed by atoms with E-state index in [9.17, 15) is 4.79 Å². The van der Waals surface area contributed by atoms with Crippen molar-refractivity contribution < 1.29 is 13.9 Å². The first-order chi connectivity index (χ1) is 15.7. The smallest absolute Gasteiger partial charge is 0.289 e. The first kappa shape index (κ1) is 19.7. The minimum absolute atomic E-state index is 0.0738. The Kier molecular flexibility index (Phi) is 4.99. The minimum atomic E-state index is -0.331. The van der Waals surface area contributed by atoms with E-state index in [1.807, 2.05) is 49.4 Å². The zero-order chi connectivity index (χ0) is 22.1. The zero-order valence-electron chi connectivity index (χ0n) is 17.6. The van der Waals surface area contributed by atoms with Gasteiger partial charge < -0.3 is 13.7 Å². The SMILES string of the molecule is COc1ccc2c(c1)c(C(=O)c1nnc(-c3ccccn3)o1)c(C)n2Cc1ccccc1. The van der Waals surface area contributed by atoms with Gasteiger partial charge in [0.05, 0.1) is 12.7 Å². The van der Waals surface area contributed by atoms with Gasteiger partial charge in [-0.15, -0.1) is 10.2 Å². The number of hydrogen-bond acceptors (Lipinski definition) is 6. The second-order valence-electron chi connectivity index (χ2n) is 7.37. The number of carbonyl (C=O) groups excluding carboxylic acids is 1. The Balaban J connectivity index is 1.62. The Morgan fingerprint density at radius 1 is 1.03 bits per heavy atom. The van der Waals surface area contributed by atoms with Gasteiger partial charge in [0.25, 0.3) is 17.6 Å². The Labute approximate surface area is 184 Å².